The summed E-state index contributed by atoms with van der Waals surface area (Å²) in [6.45, 7) is 6.20. The Morgan fingerprint density at radius 1 is 1.03 bits per heavy atom. The second kappa shape index (κ2) is 7.27. The molecule has 29 heavy (non-hydrogen) atoms. The molecule has 1 fully saturated rings. The van der Waals surface area contributed by atoms with Crippen LogP contribution in [0.4, 0.5) is 0 Å². The van der Waals surface area contributed by atoms with Crippen LogP contribution in [0.15, 0.2) is 70.6 Å². The maximum Gasteiger partial charge on any atom is 0.155 e. The first-order chi connectivity index (χ1) is 14.2. The summed E-state index contributed by atoms with van der Waals surface area (Å²) in [6, 6.07) is 22.7. The van der Waals surface area contributed by atoms with Gasteiger partial charge in [0.05, 0.1) is 23.9 Å². The predicted molar refractivity (Wildman–Crippen MR) is 117 cm³/mol. The number of rotatable bonds is 4. The molecule has 4 heteroatoms. The first kappa shape index (κ1) is 17.8. The van der Waals surface area contributed by atoms with Gasteiger partial charge in [-0.3, -0.25) is 9.89 Å². The fourth-order valence-corrected chi connectivity index (χ4v) is 4.31. The third kappa shape index (κ3) is 3.35. The molecule has 142 valence electrons. The second-order valence-corrected chi connectivity index (χ2v) is 8.01. The lowest BCUT2D eigenvalue weighted by Crippen LogP contribution is -2.44. The lowest BCUT2D eigenvalue weighted by Gasteiger charge is -2.37. The van der Waals surface area contributed by atoms with Crippen molar-refractivity contribution >= 4 is 22.3 Å². The van der Waals surface area contributed by atoms with Crippen LogP contribution < -0.4 is 0 Å². The summed E-state index contributed by atoms with van der Waals surface area (Å²) in [6.07, 6.45) is 0. The number of hydrogen-bond acceptors (Lipinski definition) is 4. The molecule has 0 unspecified atom stereocenters. The van der Waals surface area contributed by atoms with E-state index in [2.05, 4.69) is 54.3 Å². The van der Waals surface area contributed by atoms with E-state index in [1.165, 1.54) is 29.4 Å². The van der Waals surface area contributed by atoms with Crippen LogP contribution in [0, 0.1) is 17.2 Å². The number of aliphatic imine (C=N–C) groups is 2. The van der Waals surface area contributed by atoms with E-state index in [1.54, 1.807) is 0 Å². The first-order valence-electron chi connectivity index (χ1n) is 10.1. The Balaban J connectivity index is 1.49. The van der Waals surface area contributed by atoms with Gasteiger partial charge >= 0.3 is 0 Å². The van der Waals surface area contributed by atoms with Crippen molar-refractivity contribution in [1.29, 1.82) is 5.26 Å². The van der Waals surface area contributed by atoms with Crippen molar-refractivity contribution in [2.75, 3.05) is 19.6 Å². The van der Waals surface area contributed by atoms with E-state index in [0.29, 0.717) is 12.1 Å². The van der Waals surface area contributed by atoms with E-state index >= 15 is 0 Å². The SMILES string of the molecule is CC1CN(Cc2ccc(C3=NCC(c4cccc(C#N)c4)=N3)c3ccccc23)C1. The second-order valence-electron chi connectivity index (χ2n) is 8.01. The molecule has 0 amide bonds. The van der Waals surface area contributed by atoms with Gasteiger partial charge in [-0.05, 0) is 39.9 Å². The summed E-state index contributed by atoms with van der Waals surface area (Å²) in [4.78, 5) is 12.0. The van der Waals surface area contributed by atoms with E-state index in [-0.39, 0.29) is 0 Å². The van der Waals surface area contributed by atoms with Crippen molar-refractivity contribution in [2.45, 2.75) is 13.5 Å². The highest BCUT2D eigenvalue weighted by atomic mass is 15.2. The molecule has 2 aliphatic rings. The highest BCUT2D eigenvalue weighted by molar-refractivity contribution is 6.21. The van der Waals surface area contributed by atoms with Crippen molar-refractivity contribution in [3.63, 3.8) is 0 Å². The Bertz CT molecular complexity index is 1190. The molecular formula is C25H22N4. The van der Waals surface area contributed by atoms with Crippen LogP contribution >= 0.6 is 0 Å². The van der Waals surface area contributed by atoms with Crippen LogP contribution in [0.3, 0.4) is 0 Å². The van der Waals surface area contributed by atoms with Crippen molar-refractivity contribution in [2.24, 2.45) is 15.9 Å². The van der Waals surface area contributed by atoms with Gasteiger partial charge in [0.25, 0.3) is 0 Å². The van der Waals surface area contributed by atoms with Gasteiger partial charge in [0.2, 0.25) is 0 Å². The van der Waals surface area contributed by atoms with Gasteiger partial charge in [0.1, 0.15) is 0 Å². The minimum absolute atomic E-state index is 0.548. The zero-order chi connectivity index (χ0) is 19.8. The molecule has 0 spiro atoms. The van der Waals surface area contributed by atoms with Crippen molar-refractivity contribution in [1.82, 2.24) is 4.90 Å². The molecule has 0 N–H and O–H groups in total. The molecule has 0 aromatic heterocycles. The third-order valence-electron chi connectivity index (χ3n) is 5.73. The molecule has 0 saturated carbocycles. The Hall–Kier alpha value is -3.29. The average Bonchev–Trinajstić information content (AvgIpc) is 3.23. The molecule has 4 nitrogen and oxygen atoms in total. The van der Waals surface area contributed by atoms with E-state index < -0.39 is 0 Å². The lowest BCUT2D eigenvalue weighted by molar-refractivity contribution is 0.105. The number of benzene rings is 3. The highest BCUT2D eigenvalue weighted by Crippen LogP contribution is 2.28. The summed E-state index contributed by atoms with van der Waals surface area (Å²) in [5.74, 6) is 1.59. The summed E-state index contributed by atoms with van der Waals surface area (Å²) >= 11 is 0. The summed E-state index contributed by atoms with van der Waals surface area (Å²) in [5, 5.41) is 11.6. The molecular weight excluding hydrogens is 356 g/mol. The fraction of sp³-hybridized carbons (Fsp3) is 0.240. The largest absolute Gasteiger partial charge is 0.298 e. The fourth-order valence-electron chi connectivity index (χ4n) is 4.31. The Morgan fingerprint density at radius 2 is 1.86 bits per heavy atom. The maximum atomic E-state index is 9.16. The smallest absolute Gasteiger partial charge is 0.155 e. The molecule has 2 heterocycles. The molecule has 5 rings (SSSR count). The van der Waals surface area contributed by atoms with Crippen LogP contribution in [-0.4, -0.2) is 36.1 Å². The van der Waals surface area contributed by atoms with Gasteiger partial charge in [-0.15, -0.1) is 0 Å². The molecule has 0 bridgehead atoms. The molecule has 0 radical (unpaired) electrons. The number of nitriles is 1. The molecule has 3 aromatic carbocycles. The maximum absolute atomic E-state index is 9.16. The summed E-state index contributed by atoms with van der Waals surface area (Å²) in [5.41, 5.74) is 4.97. The van der Waals surface area contributed by atoms with Crippen LogP contribution in [0.1, 0.15) is 29.2 Å². The summed E-state index contributed by atoms with van der Waals surface area (Å²) < 4.78 is 0. The predicted octanol–water partition coefficient (Wildman–Crippen LogP) is 4.41. The zero-order valence-corrected chi connectivity index (χ0v) is 16.5. The lowest BCUT2D eigenvalue weighted by atomic mass is 9.96. The van der Waals surface area contributed by atoms with Crippen molar-refractivity contribution in [3.8, 4) is 6.07 Å². The molecule has 3 aromatic rings. The molecule has 2 aliphatic heterocycles. The molecule has 0 atom stereocenters. The minimum atomic E-state index is 0.548. The normalized spacial score (nSPS) is 17.0. The van der Waals surface area contributed by atoms with Crippen molar-refractivity contribution < 1.29 is 0 Å². The van der Waals surface area contributed by atoms with Gasteiger partial charge < -0.3 is 0 Å². The van der Waals surface area contributed by atoms with Gasteiger partial charge in [-0.25, -0.2) is 4.99 Å². The van der Waals surface area contributed by atoms with Gasteiger partial charge in [-0.1, -0.05) is 55.5 Å². The Morgan fingerprint density at radius 3 is 2.66 bits per heavy atom. The number of hydrogen-bond donors (Lipinski definition) is 0. The first-order valence-corrected chi connectivity index (χ1v) is 10.1. The number of likely N-dealkylation sites (tertiary alicyclic amines) is 1. The van der Waals surface area contributed by atoms with Gasteiger partial charge in [0.15, 0.2) is 5.84 Å². The van der Waals surface area contributed by atoms with E-state index in [0.717, 1.165) is 35.1 Å². The van der Waals surface area contributed by atoms with Gasteiger partial charge in [-0.2, -0.15) is 5.26 Å². The average molecular weight is 378 g/mol. The monoisotopic (exact) mass is 378 g/mol. The van der Waals surface area contributed by atoms with Crippen molar-refractivity contribution in [3.05, 3.63) is 82.9 Å². The zero-order valence-electron chi connectivity index (χ0n) is 16.5. The van der Waals surface area contributed by atoms with Crippen LogP contribution in [0.5, 0.6) is 0 Å². The number of amidine groups is 1. The van der Waals surface area contributed by atoms with Crippen LogP contribution in [0.25, 0.3) is 10.8 Å². The van der Waals surface area contributed by atoms with Crippen LogP contribution in [-0.2, 0) is 6.54 Å². The topological polar surface area (TPSA) is 51.8 Å². The van der Waals surface area contributed by atoms with E-state index in [1.807, 2.05) is 24.3 Å². The van der Waals surface area contributed by atoms with Crippen LogP contribution in [0.2, 0.25) is 0 Å². The van der Waals surface area contributed by atoms with E-state index in [9.17, 15) is 0 Å². The standard InChI is InChI=1S/C25H22N4/c1-17-14-29(15-17)16-20-9-10-23(22-8-3-2-7-21(20)22)25-27-13-24(28-25)19-6-4-5-18(11-19)12-26/h2-11,17H,13-16H2,1H3. The Kier molecular flexibility index (Phi) is 4.46. The third-order valence-corrected chi connectivity index (χ3v) is 5.73. The van der Waals surface area contributed by atoms with Gasteiger partial charge in [0, 0.05) is 25.2 Å². The molecule has 0 aliphatic carbocycles. The molecule has 1 saturated heterocycles. The Labute approximate surface area is 170 Å². The quantitative estimate of drug-likeness (QED) is 0.675. The van der Waals surface area contributed by atoms with E-state index in [4.69, 9.17) is 15.2 Å². The number of nitrogens with zero attached hydrogens (tertiary/aromatic N) is 4. The summed E-state index contributed by atoms with van der Waals surface area (Å²) in [7, 11) is 0. The minimum Gasteiger partial charge on any atom is -0.298 e. The highest BCUT2D eigenvalue weighted by Gasteiger charge is 2.23. The number of fused-ring (bicyclic) bond motifs is 1.